The highest BCUT2D eigenvalue weighted by Gasteiger charge is 2.35. The first kappa shape index (κ1) is 15.5. The smallest absolute Gasteiger partial charge is 0.351 e. The van der Waals surface area contributed by atoms with E-state index in [0.29, 0.717) is 6.07 Å². The van der Waals surface area contributed by atoms with Crippen LogP contribution in [0.3, 0.4) is 0 Å². The van der Waals surface area contributed by atoms with Crippen LogP contribution in [0, 0.1) is 0 Å². The van der Waals surface area contributed by atoms with Crippen LogP contribution in [0.25, 0.3) is 16.6 Å². The molecule has 0 aliphatic rings. The van der Waals surface area contributed by atoms with E-state index in [1.165, 1.54) is 0 Å². The van der Waals surface area contributed by atoms with Gasteiger partial charge in [-0.25, -0.2) is 14.2 Å². The molecule has 0 unspecified atom stereocenters. The van der Waals surface area contributed by atoms with Gasteiger partial charge in [0.25, 0.3) is 5.56 Å². The third kappa shape index (κ3) is 2.33. The number of amides is 1. The zero-order valence-electron chi connectivity index (χ0n) is 11.5. The first-order valence-electron chi connectivity index (χ1n) is 6.25. The normalized spacial score (nSPS) is 11.8. The maximum absolute atomic E-state index is 13.4. The van der Waals surface area contributed by atoms with Crippen LogP contribution < -0.4 is 17.0 Å². The van der Waals surface area contributed by atoms with Gasteiger partial charge in [0, 0.05) is 0 Å². The van der Waals surface area contributed by atoms with E-state index >= 15 is 0 Å². The van der Waals surface area contributed by atoms with Crippen molar-refractivity contribution in [1.29, 1.82) is 0 Å². The van der Waals surface area contributed by atoms with Crippen molar-refractivity contribution >= 4 is 16.9 Å². The molecule has 124 valence electrons. The van der Waals surface area contributed by atoms with Crippen LogP contribution in [0.1, 0.15) is 5.56 Å². The summed E-state index contributed by atoms with van der Waals surface area (Å²) in [4.78, 5) is 36.8. The van der Waals surface area contributed by atoms with Gasteiger partial charge in [-0.3, -0.25) is 14.3 Å². The van der Waals surface area contributed by atoms with Crippen LogP contribution in [-0.2, 0) is 6.18 Å². The Morgan fingerprint density at radius 1 is 1.17 bits per heavy atom. The number of nitrogens with two attached hydrogens (primary N) is 1. The Morgan fingerprint density at radius 2 is 1.79 bits per heavy atom. The Kier molecular flexibility index (Phi) is 3.25. The third-order valence-corrected chi connectivity index (χ3v) is 3.25. The van der Waals surface area contributed by atoms with Gasteiger partial charge in [-0.1, -0.05) is 0 Å². The van der Waals surface area contributed by atoms with Crippen LogP contribution in [-0.4, -0.2) is 30.3 Å². The van der Waals surface area contributed by atoms with Crippen molar-refractivity contribution in [3.05, 3.63) is 51.2 Å². The molecule has 0 saturated carbocycles. The van der Waals surface area contributed by atoms with E-state index in [-0.39, 0.29) is 9.95 Å². The molecule has 0 aliphatic carbocycles. The van der Waals surface area contributed by atoms with E-state index in [1.807, 2.05) is 4.98 Å². The van der Waals surface area contributed by atoms with Crippen molar-refractivity contribution in [3.8, 4) is 5.69 Å². The van der Waals surface area contributed by atoms with Crippen molar-refractivity contribution in [1.82, 2.24) is 24.3 Å². The van der Waals surface area contributed by atoms with E-state index < -0.39 is 40.2 Å². The van der Waals surface area contributed by atoms with Crippen molar-refractivity contribution in [2.45, 2.75) is 6.18 Å². The van der Waals surface area contributed by atoms with Gasteiger partial charge in [0.1, 0.15) is 12.7 Å². The molecule has 0 fully saturated rings. The summed E-state index contributed by atoms with van der Waals surface area (Å²) < 4.78 is 41.3. The summed E-state index contributed by atoms with van der Waals surface area (Å²) >= 11 is 0. The van der Waals surface area contributed by atoms with Gasteiger partial charge in [-0.2, -0.15) is 13.2 Å². The number of rotatable bonds is 1. The van der Waals surface area contributed by atoms with Crippen molar-refractivity contribution in [3.63, 3.8) is 0 Å². The molecular weight excluding hydrogens is 333 g/mol. The van der Waals surface area contributed by atoms with Gasteiger partial charge < -0.3 is 5.73 Å². The van der Waals surface area contributed by atoms with Crippen molar-refractivity contribution < 1.29 is 18.0 Å². The third-order valence-electron chi connectivity index (χ3n) is 3.25. The molecule has 24 heavy (non-hydrogen) atoms. The minimum absolute atomic E-state index is 0.252. The second-order valence-corrected chi connectivity index (χ2v) is 4.69. The fourth-order valence-corrected chi connectivity index (χ4v) is 2.26. The lowest BCUT2D eigenvalue weighted by Crippen LogP contribution is -2.37. The van der Waals surface area contributed by atoms with E-state index in [1.54, 1.807) is 0 Å². The molecule has 0 radical (unpaired) electrons. The number of nitrogens with one attached hydrogen (secondary N) is 1. The molecule has 3 rings (SSSR count). The number of aromatic nitrogens is 5. The molecule has 2 heterocycles. The van der Waals surface area contributed by atoms with Crippen LogP contribution in [0.5, 0.6) is 0 Å². The summed E-state index contributed by atoms with van der Waals surface area (Å²) in [7, 11) is 0. The number of carbonyl (C=O) groups excluding carboxylic acids is 1. The van der Waals surface area contributed by atoms with Crippen molar-refractivity contribution in [2.24, 2.45) is 5.73 Å². The molecule has 0 saturated heterocycles. The number of H-pyrrole nitrogens is 1. The first-order valence-corrected chi connectivity index (χ1v) is 6.25. The predicted octanol–water partition coefficient (Wildman–Crippen LogP) is 0.216. The average molecular weight is 340 g/mol. The highest BCUT2D eigenvalue weighted by molar-refractivity contribution is 5.90. The quantitative estimate of drug-likeness (QED) is 0.654. The first-order chi connectivity index (χ1) is 11.2. The zero-order chi connectivity index (χ0) is 17.6. The summed E-state index contributed by atoms with van der Waals surface area (Å²) in [6.07, 6.45) is -2.82. The number of halogens is 3. The highest BCUT2D eigenvalue weighted by Crippen LogP contribution is 2.35. The Hall–Kier alpha value is -3.44. The average Bonchev–Trinajstić information content (AvgIpc) is 2.98. The van der Waals surface area contributed by atoms with Gasteiger partial charge in [-0.15, -0.1) is 10.2 Å². The lowest BCUT2D eigenvalue weighted by molar-refractivity contribution is -0.137. The lowest BCUT2D eigenvalue weighted by atomic mass is 10.1. The van der Waals surface area contributed by atoms with Gasteiger partial charge in [0.05, 0.1) is 22.2 Å². The molecule has 3 aromatic rings. The van der Waals surface area contributed by atoms with Gasteiger partial charge in [-0.05, 0) is 12.1 Å². The van der Waals surface area contributed by atoms with Crippen LogP contribution in [0.4, 0.5) is 18.0 Å². The number of fused-ring (bicyclic) bond motifs is 1. The second kappa shape index (κ2) is 5.04. The maximum Gasteiger partial charge on any atom is 0.418 e. The largest absolute Gasteiger partial charge is 0.418 e. The van der Waals surface area contributed by atoms with Crippen LogP contribution in [0.2, 0.25) is 0 Å². The lowest BCUT2D eigenvalue weighted by Gasteiger charge is -2.15. The summed E-state index contributed by atoms with van der Waals surface area (Å²) in [5, 5.41) is 6.50. The number of hydrogen-bond donors (Lipinski definition) is 2. The Balaban J connectivity index is 2.53. The monoisotopic (exact) mass is 340 g/mol. The molecule has 1 amide bonds. The molecule has 12 heteroatoms. The van der Waals surface area contributed by atoms with E-state index in [0.717, 1.165) is 23.3 Å². The maximum atomic E-state index is 13.4. The second-order valence-electron chi connectivity index (χ2n) is 4.69. The Labute approximate surface area is 129 Å². The number of benzene rings is 1. The molecule has 0 spiro atoms. The molecule has 3 N–H and O–H groups in total. The standard InChI is InChI=1S/C12H7F3N6O3/c13-12(14,15)6-2-7-5(1-8(6)20-3-17-18-4-20)9(22)19-11(24)21(7)10(16)23/h1-4H,(H2,16,23)(H,19,22,24). The molecular formula is C12H7F3N6O3. The molecule has 0 bridgehead atoms. The minimum atomic E-state index is -4.84. The predicted molar refractivity (Wildman–Crippen MR) is 73.7 cm³/mol. The van der Waals surface area contributed by atoms with Gasteiger partial charge >= 0.3 is 17.9 Å². The molecule has 9 nitrogen and oxygen atoms in total. The molecule has 0 atom stereocenters. The molecule has 1 aromatic carbocycles. The number of alkyl halides is 3. The summed E-state index contributed by atoms with van der Waals surface area (Å²) in [5.74, 6) is 0. The van der Waals surface area contributed by atoms with E-state index in [2.05, 4.69) is 10.2 Å². The number of carbonyl (C=O) groups is 1. The fraction of sp³-hybridized carbons (Fsp3) is 0.0833. The van der Waals surface area contributed by atoms with Crippen LogP contribution >= 0.6 is 0 Å². The highest BCUT2D eigenvalue weighted by atomic mass is 19.4. The number of hydrogen-bond acceptors (Lipinski definition) is 5. The van der Waals surface area contributed by atoms with Gasteiger partial charge in [0.2, 0.25) is 0 Å². The summed E-state index contributed by atoms with van der Waals surface area (Å²) in [6.45, 7) is 0. The summed E-state index contributed by atoms with van der Waals surface area (Å²) in [6, 6.07) is 0.0529. The minimum Gasteiger partial charge on any atom is -0.351 e. The van der Waals surface area contributed by atoms with Crippen LogP contribution in [0.15, 0.2) is 34.4 Å². The summed E-state index contributed by atoms with van der Waals surface area (Å²) in [5.41, 5.74) is 0.626. The van der Waals surface area contributed by atoms with E-state index in [4.69, 9.17) is 5.73 Å². The van der Waals surface area contributed by atoms with E-state index in [9.17, 15) is 27.6 Å². The fourth-order valence-electron chi connectivity index (χ4n) is 2.26. The van der Waals surface area contributed by atoms with Crippen molar-refractivity contribution in [2.75, 3.05) is 0 Å². The van der Waals surface area contributed by atoms with Gasteiger partial charge in [0.15, 0.2) is 0 Å². The SMILES string of the molecule is NC(=O)n1c(=O)[nH]c(=O)c2cc(-n3cnnc3)c(C(F)(F)F)cc21. The Morgan fingerprint density at radius 3 is 2.33 bits per heavy atom. The topological polar surface area (TPSA) is 129 Å². The number of primary amides is 1. The molecule has 2 aromatic heterocycles. The number of nitrogens with zero attached hydrogens (tertiary/aromatic N) is 4. The molecule has 0 aliphatic heterocycles. The Bertz CT molecular complexity index is 1060. The zero-order valence-corrected chi connectivity index (χ0v) is 11.5. The number of aromatic amines is 1.